The van der Waals surface area contributed by atoms with Crippen LogP contribution in [0.5, 0.6) is 0 Å². The van der Waals surface area contributed by atoms with Crippen LogP contribution in [-0.2, 0) is 27.9 Å². The highest BCUT2D eigenvalue weighted by Gasteiger charge is 2.46. The molecule has 35 heavy (non-hydrogen) atoms. The lowest BCUT2D eigenvalue weighted by Gasteiger charge is -2.28. The topological polar surface area (TPSA) is 125 Å². The smallest absolute Gasteiger partial charge is 0.323 e. The Labute approximate surface area is 208 Å². The average molecular weight is 514 g/mol. The van der Waals surface area contributed by atoms with Crippen molar-refractivity contribution in [1.82, 2.24) is 14.5 Å². The molecule has 1 aromatic heterocycles. The second-order valence-corrected chi connectivity index (χ2v) is 11.2. The van der Waals surface area contributed by atoms with Crippen LogP contribution in [0.25, 0.3) is 0 Å². The van der Waals surface area contributed by atoms with Crippen LogP contribution >= 0.6 is 11.3 Å². The summed E-state index contributed by atoms with van der Waals surface area (Å²) in [5.74, 6) is -0.583. The van der Waals surface area contributed by atoms with E-state index in [4.69, 9.17) is 5.73 Å². The van der Waals surface area contributed by atoms with Crippen molar-refractivity contribution in [2.24, 2.45) is 5.73 Å². The first-order chi connectivity index (χ1) is 16.8. The van der Waals surface area contributed by atoms with Crippen molar-refractivity contribution < 1.29 is 18.0 Å². The molecule has 0 radical (unpaired) electrons. The van der Waals surface area contributed by atoms with Crippen molar-refractivity contribution in [3.05, 3.63) is 82.7 Å². The summed E-state index contributed by atoms with van der Waals surface area (Å²) < 4.78 is 27.8. The summed E-state index contributed by atoms with van der Waals surface area (Å²) in [6.07, 6.45) is -1.33. The third-order valence-electron chi connectivity index (χ3n) is 5.68. The Morgan fingerprint density at radius 3 is 2.49 bits per heavy atom. The van der Waals surface area contributed by atoms with Gasteiger partial charge in [0, 0.05) is 31.9 Å². The van der Waals surface area contributed by atoms with Gasteiger partial charge in [0.25, 0.3) is 15.9 Å². The molecule has 3 aromatic rings. The van der Waals surface area contributed by atoms with E-state index < -0.39 is 28.1 Å². The van der Waals surface area contributed by atoms with Crippen LogP contribution in [0.2, 0.25) is 0 Å². The standard InChI is InChI=1S/C24H27N5O4S2/c1-17-7-9-20(10-8-17)27-24(31)28-11-12-29(35(32,33)21-6-3-13-34-21)23(28)22(30)26-16-19-5-2-4-18(14-19)15-25/h2-10,13-14,23H,11-12,15-16,25H2,1H3,(H,26,30)(H,27,31). The van der Waals surface area contributed by atoms with Gasteiger partial charge in [-0.2, -0.15) is 4.31 Å². The SMILES string of the molecule is Cc1ccc(NC(=O)N2CCN(S(=O)(=O)c3cccs3)C2C(=O)NCc2cccc(CN)c2)cc1. The number of hydrogen-bond donors (Lipinski definition) is 3. The summed E-state index contributed by atoms with van der Waals surface area (Å²) in [6.45, 7) is 2.54. The number of nitrogens with one attached hydrogen (secondary N) is 2. The maximum absolute atomic E-state index is 13.4. The van der Waals surface area contributed by atoms with E-state index in [0.717, 1.165) is 32.3 Å². The summed E-state index contributed by atoms with van der Waals surface area (Å²) in [7, 11) is -3.98. The normalized spacial score (nSPS) is 16.3. The van der Waals surface area contributed by atoms with Crippen molar-refractivity contribution in [2.45, 2.75) is 30.4 Å². The van der Waals surface area contributed by atoms with Gasteiger partial charge < -0.3 is 16.4 Å². The highest BCUT2D eigenvalue weighted by Crippen LogP contribution is 2.28. The number of rotatable bonds is 7. The van der Waals surface area contributed by atoms with Crippen molar-refractivity contribution in [3.63, 3.8) is 0 Å². The molecule has 0 spiro atoms. The van der Waals surface area contributed by atoms with Crippen LogP contribution in [0.3, 0.4) is 0 Å². The van der Waals surface area contributed by atoms with Gasteiger partial charge in [0.15, 0.2) is 6.17 Å². The molecule has 0 saturated carbocycles. The van der Waals surface area contributed by atoms with Crippen LogP contribution < -0.4 is 16.4 Å². The van der Waals surface area contributed by atoms with Gasteiger partial charge in [-0.3, -0.25) is 9.69 Å². The molecule has 0 bridgehead atoms. The number of hydrogen-bond acceptors (Lipinski definition) is 6. The molecule has 1 atom stereocenters. The minimum atomic E-state index is -3.98. The monoisotopic (exact) mass is 513 g/mol. The number of urea groups is 1. The number of carbonyl (C=O) groups excluding carboxylic acids is 2. The number of nitrogens with two attached hydrogens (primary N) is 1. The van der Waals surface area contributed by atoms with Gasteiger partial charge in [-0.1, -0.05) is 48.0 Å². The molecule has 1 fully saturated rings. The maximum atomic E-state index is 13.4. The van der Waals surface area contributed by atoms with Crippen molar-refractivity contribution in [3.8, 4) is 0 Å². The number of amides is 3. The third kappa shape index (κ3) is 5.54. The average Bonchev–Trinajstić information content (AvgIpc) is 3.55. The second kappa shape index (κ2) is 10.6. The summed E-state index contributed by atoms with van der Waals surface area (Å²) in [5, 5.41) is 7.21. The van der Waals surface area contributed by atoms with Gasteiger partial charge in [-0.15, -0.1) is 11.3 Å². The number of anilines is 1. The number of aryl methyl sites for hydroxylation is 1. The first-order valence-corrected chi connectivity index (χ1v) is 13.4. The first-order valence-electron chi connectivity index (χ1n) is 11.0. The van der Waals surface area contributed by atoms with E-state index in [-0.39, 0.29) is 23.8 Å². The molecule has 1 unspecified atom stereocenters. The van der Waals surface area contributed by atoms with Gasteiger partial charge in [0.1, 0.15) is 4.21 Å². The van der Waals surface area contributed by atoms with E-state index in [0.29, 0.717) is 12.2 Å². The molecule has 1 aliphatic heterocycles. The largest absolute Gasteiger partial charge is 0.349 e. The molecule has 1 aliphatic rings. The predicted octanol–water partition coefficient (Wildman–Crippen LogP) is 2.70. The fourth-order valence-corrected chi connectivity index (χ4v) is 6.51. The molecule has 2 aromatic carbocycles. The minimum absolute atomic E-state index is 0.00228. The molecule has 184 valence electrons. The molecular formula is C24H27N5O4S2. The third-order valence-corrected chi connectivity index (χ3v) is 8.91. The van der Waals surface area contributed by atoms with E-state index >= 15 is 0 Å². The van der Waals surface area contributed by atoms with Gasteiger partial charge in [-0.25, -0.2) is 13.2 Å². The number of benzene rings is 2. The second-order valence-electron chi connectivity index (χ2n) is 8.15. The summed E-state index contributed by atoms with van der Waals surface area (Å²) in [4.78, 5) is 27.7. The zero-order valence-corrected chi connectivity index (χ0v) is 20.8. The maximum Gasteiger partial charge on any atom is 0.323 e. The highest BCUT2D eigenvalue weighted by atomic mass is 32.2. The summed E-state index contributed by atoms with van der Waals surface area (Å²) in [5.41, 5.74) is 9.03. The molecule has 4 rings (SSSR count). The molecule has 1 saturated heterocycles. The van der Waals surface area contributed by atoms with Crippen LogP contribution in [0.4, 0.5) is 10.5 Å². The van der Waals surface area contributed by atoms with E-state index in [1.165, 1.54) is 11.0 Å². The van der Waals surface area contributed by atoms with Gasteiger partial charge in [0.05, 0.1) is 0 Å². The molecule has 2 heterocycles. The number of carbonyl (C=O) groups is 2. The van der Waals surface area contributed by atoms with Crippen molar-refractivity contribution in [2.75, 3.05) is 18.4 Å². The number of thiophene rings is 1. The Morgan fingerprint density at radius 1 is 1.06 bits per heavy atom. The molecular weight excluding hydrogens is 486 g/mol. The van der Waals surface area contributed by atoms with E-state index in [1.807, 2.05) is 43.3 Å². The van der Waals surface area contributed by atoms with Crippen LogP contribution in [-0.4, -0.2) is 48.8 Å². The number of sulfonamides is 1. The first kappa shape index (κ1) is 24.9. The molecule has 9 nitrogen and oxygen atoms in total. The Balaban J connectivity index is 1.58. The minimum Gasteiger partial charge on any atom is -0.349 e. The van der Waals surface area contributed by atoms with E-state index in [2.05, 4.69) is 10.6 Å². The van der Waals surface area contributed by atoms with Gasteiger partial charge in [0.2, 0.25) is 0 Å². The Kier molecular flexibility index (Phi) is 7.51. The van der Waals surface area contributed by atoms with Gasteiger partial charge >= 0.3 is 6.03 Å². The summed E-state index contributed by atoms with van der Waals surface area (Å²) >= 11 is 1.07. The fourth-order valence-electron chi connectivity index (χ4n) is 3.85. The van der Waals surface area contributed by atoms with Crippen molar-refractivity contribution >= 4 is 39.0 Å². The Hall–Kier alpha value is -3.25. The lowest BCUT2D eigenvalue weighted by molar-refractivity contribution is -0.127. The molecule has 11 heteroatoms. The number of nitrogens with zero attached hydrogens (tertiary/aromatic N) is 2. The highest BCUT2D eigenvalue weighted by molar-refractivity contribution is 7.91. The molecule has 3 amide bonds. The lowest BCUT2D eigenvalue weighted by Crippen LogP contribution is -2.54. The van der Waals surface area contributed by atoms with Crippen LogP contribution in [0.15, 0.2) is 70.3 Å². The Morgan fingerprint density at radius 2 is 1.80 bits per heavy atom. The van der Waals surface area contributed by atoms with Gasteiger partial charge in [-0.05, 0) is 41.6 Å². The zero-order chi connectivity index (χ0) is 25.0. The van der Waals surface area contributed by atoms with Crippen LogP contribution in [0.1, 0.15) is 16.7 Å². The lowest BCUT2D eigenvalue weighted by atomic mass is 10.1. The van der Waals surface area contributed by atoms with Crippen molar-refractivity contribution in [1.29, 1.82) is 0 Å². The summed E-state index contributed by atoms with van der Waals surface area (Å²) in [6, 6.07) is 17.2. The fraction of sp³-hybridized carbons (Fsp3) is 0.250. The predicted molar refractivity (Wildman–Crippen MR) is 135 cm³/mol. The molecule has 4 N–H and O–H groups in total. The quantitative estimate of drug-likeness (QED) is 0.448. The van der Waals surface area contributed by atoms with E-state index in [9.17, 15) is 18.0 Å². The Bertz CT molecular complexity index is 1290. The molecule has 0 aliphatic carbocycles. The van der Waals surface area contributed by atoms with Crippen LogP contribution in [0, 0.1) is 6.92 Å². The zero-order valence-electron chi connectivity index (χ0n) is 19.2. The van der Waals surface area contributed by atoms with E-state index in [1.54, 1.807) is 23.6 Å².